The fourth-order valence-corrected chi connectivity index (χ4v) is 3.24. The summed E-state index contributed by atoms with van der Waals surface area (Å²) in [4.78, 5) is 28.5. The molecule has 0 bridgehead atoms. The Balaban J connectivity index is 1.56. The minimum Gasteiger partial charge on any atom is -0.285 e. The molecular weight excluding hydrogens is 330 g/mol. The Morgan fingerprint density at radius 3 is 2.88 bits per heavy atom. The van der Waals surface area contributed by atoms with Crippen molar-refractivity contribution in [2.75, 3.05) is 0 Å². The van der Waals surface area contributed by atoms with Crippen LogP contribution in [0.1, 0.15) is 44.6 Å². The number of hydrogen-bond acceptors (Lipinski definition) is 5. The Morgan fingerprint density at radius 1 is 1.31 bits per heavy atom. The van der Waals surface area contributed by atoms with Gasteiger partial charge in [0.1, 0.15) is 11.9 Å². The Hall–Kier alpha value is -2.70. The molecule has 7 nitrogen and oxygen atoms in total. The number of nitrogens with zero attached hydrogens (tertiary/aromatic N) is 2. The highest BCUT2D eigenvalue weighted by atomic mass is 16.2. The summed E-state index contributed by atoms with van der Waals surface area (Å²) in [5.41, 5.74) is 10.1. The highest BCUT2D eigenvalue weighted by Crippen LogP contribution is 2.20. The van der Waals surface area contributed by atoms with E-state index in [1.807, 2.05) is 30.3 Å². The number of aliphatic imine (C=N–C) groups is 1. The number of hydrazine groups is 1. The van der Waals surface area contributed by atoms with Crippen molar-refractivity contribution in [2.45, 2.75) is 51.5 Å². The van der Waals surface area contributed by atoms with E-state index < -0.39 is 6.04 Å². The fourth-order valence-electron chi connectivity index (χ4n) is 3.24. The van der Waals surface area contributed by atoms with Crippen LogP contribution in [0.15, 0.2) is 40.4 Å². The molecule has 1 aliphatic carbocycles. The molecule has 0 radical (unpaired) electrons. The number of hydrogen-bond donors (Lipinski definition) is 3. The fraction of sp³-hybridized carbons (Fsp3) is 0.474. The highest BCUT2D eigenvalue weighted by molar-refractivity contribution is 5.97. The van der Waals surface area contributed by atoms with Crippen LogP contribution >= 0.6 is 0 Å². The second kappa shape index (κ2) is 8.60. The first-order valence-electron chi connectivity index (χ1n) is 9.11. The summed E-state index contributed by atoms with van der Waals surface area (Å²) in [5, 5.41) is 4.23. The predicted molar refractivity (Wildman–Crippen MR) is 100 cm³/mol. The van der Waals surface area contributed by atoms with Gasteiger partial charge in [-0.05, 0) is 37.2 Å². The van der Waals surface area contributed by atoms with Crippen molar-refractivity contribution in [2.24, 2.45) is 16.0 Å². The smallest absolute Gasteiger partial charge is 0.263 e. The summed E-state index contributed by atoms with van der Waals surface area (Å²) in [5.74, 6) is 0.650. The highest BCUT2D eigenvalue weighted by Gasteiger charge is 2.26. The molecule has 2 amide bonds. The first kappa shape index (κ1) is 18.1. The Labute approximate surface area is 153 Å². The third-order valence-corrected chi connectivity index (χ3v) is 4.62. The molecule has 0 saturated heterocycles. The van der Waals surface area contributed by atoms with Crippen molar-refractivity contribution < 1.29 is 9.59 Å². The monoisotopic (exact) mass is 355 g/mol. The van der Waals surface area contributed by atoms with Gasteiger partial charge in [0.2, 0.25) is 5.91 Å². The van der Waals surface area contributed by atoms with E-state index >= 15 is 0 Å². The molecule has 3 rings (SSSR count). The van der Waals surface area contributed by atoms with Gasteiger partial charge in [-0.15, -0.1) is 0 Å². The molecule has 26 heavy (non-hydrogen) atoms. The summed E-state index contributed by atoms with van der Waals surface area (Å²) < 4.78 is 0. The van der Waals surface area contributed by atoms with Crippen molar-refractivity contribution in [1.29, 1.82) is 0 Å². The van der Waals surface area contributed by atoms with Crippen molar-refractivity contribution in [3.05, 3.63) is 35.9 Å². The van der Waals surface area contributed by atoms with Gasteiger partial charge >= 0.3 is 0 Å². The van der Waals surface area contributed by atoms with Crippen molar-refractivity contribution in [3.8, 4) is 0 Å². The van der Waals surface area contributed by atoms with E-state index in [4.69, 9.17) is 0 Å². The second-order valence-corrected chi connectivity index (χ2v) is 6.99. The first-order chi connectivity index (χ1) is 12.6. The van der Waals surface area contributed by atoms with Gasteiger partial charge in [-0.3, -0.25) is 25.4 Å². The van der Waals surface area contributed by atoms with Crippen molar-refractivity contribution >= 4 is 23.4 Å². The van der Waals surface area contributed by atoms with E-state index in [2.05, 4.69) is 33.3 Å². The minimum atomic E-state index is -0.736. The van der Waals surface area contributed by atoms with E-state index in [-0.39, 0.29) is 18.2 Å². The van der Waals surface area contributed by atoms with Crippen LogP contribution in [0.2, 0.25) is 0 Å². The summed E-state index contributed by atoms with van der Waals surface area (Å²) >= 11 is 0. The average molecular weight is 355 g/mol. The van der Waals surface area contributed by atoms with Gasteiger partial charge in [-0.1, -0.05) is 37.3 Å². The van der Waals surface area contributed by atoms with Gasteiger partial charge in [0.25, 0.3) is 5.91 Å². The molecule has 2 aliphatic rings. The largest absolute Gasteiger partial charge is 0.285 e. The number of hydrazone groups is 1. The lowest BCUT2D eigenvalue weighted by molar-refractivity contribution is -0.128. The maximum atomic E-state index is 12.2. The lowest BCUT2D eigenvalue weighted by atomic mass is 9.89. The lowest BCUT2D eigenvalue weighted by Crippen LogP contribution is -2.52. The van der Waals surface area contributed by atoms with Crippen LogP contribution < -0.4 is 16.3 Å². The van der Waals surface area contributed by atoms with E-state index in [0.717, 1.165) is 30.5 Å². The van der Waals surface area contributed by atoms with Gasteiger partial charge in [0, 0.05) is 12.1 Å². The molecule has 0 aromatic heterocycles. The summed E-state index contributed by atoms with van der Waals surface area (Å²) in [6.45, 7) is 2.19. The zero-order chi connectivity index (χ0) is 18.4. The minimum absolute atomic E-state index is 0.0157. The number of rotatable bonds is 5. The van der Waals surface area contributed by atoms with E-state index in [1.165, 1.54) is 6.42 Å². The molecule has 138 valence electrons. The number of benzene rings is 1. The zero-order valence-corrected chi connectivity index (χ0v) is 15.0. The number of amidine groups is 1. The molecule has 1 aromatic rings. The molecule has 1 saturated carbocycles. The third kappa shape index (κ3) is 5.15. The number of nitrogens with one attached hydrogen (secondary N) is 3. The van der Waals surface area contributed by atoms with Gasteiger partial charge in [-0.25, -0.2) is 5.43 Å². The molecule has 1 heterocycles. The van der Waals surface area contributed by atoms with Crippen molar-refractivity contribution in [1.82, 2.24) is 16.3 Å². The number of amides is 2. The van der Waals surface area contributed by atoms with E-state index in [1.54, 1.807) is 0 Å². The van der Waals surface area contributed by atoms with Crippen LogP contribution in [-0.4, -0.2) is 29.4 Å². The van der Waals surface area contributed by atoms with Crippen LogP contribution in [0.4, 0.5) is 0 Å². The molecule has 1 fully saturated rings. The molecule has 1 aromatic carbocycles. The lowest BCUT2D eigenvalue weighted by Gasteiger charge is -2.22. The van der Waals surface area contributed by atoms with Crippen LogP contribution in [0.5, 0.6) is 0 Å². The Bertz CT molecular complexity index is 714. The summed E-state index contributed by atoms with van der Waals surface area (Å²) in [7, 11) is 0. The van der Waals surface area contributed by atoms with Crippen LogP contribution in [0.25, 0.3) is 0 Å². The van der Waals surface area contributed by atoms with Crippen LogP contribution in [0.3, 0.4) is 0 Å². The van der Waals surface area contributed by atoms with Crippen LogP contribution in [0, 0.1) is 5.92 Å². The number of carbonyl (C=O) groups is 2. The van der Waals surface area contributed by atoms with Gasteiger partial charge in [0.05, 0.1) is 6.42 Å². The second-order valence-electron chi connectivity index (χ2n) is 6.99. The first-order valence-corrected chi connectivity index (χ1v) is 9.11. The third-order valence-electron chi connectivity index (χ3n) is 4.62. The standard InChI is InChI=1S/C19H25N5O2/c1-13-6-5-9-15(10-13)21-23-18(25)12-16-19(26)24-22-17(20-16)11-14-7-3-2-4-8-14/h2-4,7-8,13,16H,5-6,9-12H2,1H3,(H,20,22)(H,23,25)(H,24,26)/b21-15+. The quantitative estimate of drug-likeness (QED) is 0.702. The van der Waals surface area contributed by atoms with Gasteiger partial charge in [0.15, 0.2) is 0 Å². The zero-order valence-electron chi connectivity index (χ0n) is 15.0. The Morgan fingerprint density at radius 2 is 2.12 bits per heavy atom. The summed E-state index contributed by atoms with van der Waals surface area (Å²) in [6, 6.07) is 9.10. The predicted octanol–water partition coefficient (Wildman–Crippen LogP) is 1.70. The van der Waals surface area contributed by atoms with Crippen molar-refractivity contribution in [3.63, 3.8) is 0 Å². The molecule has 0 spiro atoms. The molecule has 7 heteroatoms. The number of carbonyl (C=O) groups excluding carboxylic acids is 2. The van der Waals surface area contributed by atoms with E-state index in [0.29, 0.717) is 18.2 Å². The normalized spacial score (nSPS) is 24.4. The SMILES string of the molecule is CC1CCC/C(=N\NC(=O)CC2N=C(Cc3ccccc3)NNC2=O)C1. The maximum absolute atomic E-state index is 12.2. The summed E-state index contributed by atoms with van der Waals surface area (Å²) in [6.07, 6.45) is 4.73. The van der Waals surface area contributed by atoms with Crippen LogP contribution in [-0.2, 0) is 16.0 Å². The Kier molecular flexibility index (Phi) is 5.99. The molecular formula is C19H25N5O2. The maximum Gasteiger partial charge on any atom is 0.263 e. The molecule has 2 unspecified atom stereocenters. The van der Waals surface area contributed by atoms with E-state index in [9.17, 15) is 9.59 Å². The van der Waals surface area contributed by atoms with Gasteiger partial charge < -0.3 is 0 Å². The molecule has 2 atom stereocenters. The van der Waals surface area contributed by atoms with Gasteiger partial charge in [-0.2, -0.15) is 5.10 Å². The molecule has 3 N–H and O–H groups in total. The topological polar surface area (TPSA) is 94.9 Å². The average Bonchev–Trinajstić information content (AvgIpc) is 2.64. The molecule has 1 aliphatic heterocycles.